The second-order valence-electron chi connectivity index (χ2n) is 14.1. The molecule has 0 amide bonds. The number of aromatic nitrogens is 5. The van der Waals surface area contributed by atoms with Crippen molar-refractivity contribution >= 4 is 10.8 Å². The van der Waals surface area contributed by atoms with Gasteiger partial charge in [-0.15, -0.1) is 0 Å². The molecule has 10 rings (SSSR count). The fraction of sp³-hybridized carbons (Fsp3) is 0. The molecule has 272 valence electrons. The predicted molar refractivity (Wildman–Crippen MR) is 236 cm³/mol. The van der Waals surface area contributed by atoms with E-state index in [1.807, 2.05) is 97.1 Å². The SMILES string of the molecule is c1ccc(-c2cc(-c3ccc(-c4cc5ccccc5c(-c5ccc(-c6cc(-c7ccccc7)nc(-c7ccccc7)n6)cc5)n4)cc3)nc(-c3ccccc3)n2)cc1. The van der Waals surface area contributed by atoms with E-state index in [4.69, 9.17) is 24.9 Å². The molecule has 0 radical (unpaired) electrons. The van der Waals surface area contributed by atoms with Crippen LogP contribution in [0, 0.1) is 0 Å². The molecule has 3 heterocycles. The first kappa shape index (κ1) is 34.6. The molecule has 0 spiro atoms. The molecule has 5 nitrogen and oxygen atoms in total. The number of nitrogens with zero attached hydrogens (tertiary/aromatic N) is 5. The Morgan fingerprint density at radius 1 is 0.224 bits per heavy atom. The normalized spacial score (nSPS) is 11.1. The van der Waals surface area contributed by atoms with E-state index in [1.54, 1.807) is 0 Å². The van der Waals surface area contributed by atoms with Crippen LogP contribution < -0.4 is 0 Å². The van der Waals surface area contributed by atoms with Gasteiger partial charge in [0.05, 0.1) is 34.2 Å². The van der Waals surface area contributed by atoms with Crippen LogP contribution in [-0.2, 0) is 0 Å². The first-order valence-corrected chi connectivity index (χ1v) is 19.3. The summed E-state index contributed by atoms with van der Waals surface area (Å²) in [5, 5.41) is 2.22. The molecular formula is C53H35N5. The zero-order chi connectivity index (χ0) is 38.7. The van der Waals surface area contributed by atoms with Crippen LogP contribution in [-0.4, -0.2) is 24.9 Å². The fourth-order valence-electron chi connectivity index (χ4n) is 7.31. The maximum Gasteiger partial charge on any atom is 0.160 e. The van der Waals surface area contributed by atoms with E-state index in [-0.39, 0.29) is 0 Å². The monoisotopic (exact) mass is 741 g/mol. The summed E-state index contributed by atoms with van der Waals surface area (Å²) < 4.78 is 0. The summed E-state index contributed by atoms with van der Waals surface area (Å²) in [6, 6.07) is 72.6. The number of pyridine rings is 1. The lowest BCUT2D eigenvalue weighted by molar-refractivity contribution is 1.18. The van der Waals surface area contributed by atoms with E-state index >= 15 is 0 Å². The largest absolute Gasteiger partial charge is 0.247 e. The summed E-state index contributed by atoms with van der Waals surface area (Å²) in [6.45, 7) is 0. The standard InChI is InChI=1S/C53H35N5/c1-5-15-36(16-6-1)47-34-49(57-52(55-47)42-19-9-3-10-20-42)39-27-25-38(26-28-39)46-33-44-23-13-14-24-45(44)51(54-46)41-31-29-40(30-32-41)50-35-48(37-17-7-2-8-18-37)56-53(58-50)43-21-11-4-12-22-43/h1-35H. The molecule has 0 aliphatic carbocycles. The summed E-state index contributed by atoms with van der Waals surface area (Å²) in [5.74, 6) is 1.39. The molecule has 10 aromatic rings. The first-order valence-electron chi connectivity index (χ1n) is 19.3. The predicted octanol–water partition coefficient (Wildman–Crippen LogP) is 13.2. The molecule has 3 aromatic heterocycles. The van der Waals surface area contributed by atoms with E-state index in [2.05, 4.69) is 115 Å². The average Bonchev–Trinajstić information content (AvgIpc) is 3.32. The van der Waals surface area contributed by atoms with E-state index in [0.717, 1.165) is 89.4 Å². The van der Waals surface area contributed by atoms with Crippen molar-refractivity contribution in [1.29, 1.82) is 0 Å². The van der Waals surface area contributed by atoms with Crippen LogP contribution in [0.1, 0.15) is 0 Å². The summed E-state index contributed by atoms with van der Waals surface area (Å²) in [5.41, 5.74) is 13.4. The second-order valence-corrected chi connectivity index (χ2v) is 14.1. The van der Waals surface area contributed by atoms with Crippen LogP contribution in [0.4, 0.5) is 0 Å². The van der Waals surface area contributed by atoms with Crippen molar-refractivity contribution in [3.05, 3.63) is 212 Å². The number of fused-ring (bicyclic) bond motifs is 1. The molecule has 0 bridgehead atoms. The van der Waals surface area contributed by atoms with Crippen LogP contribution in [0.15, 0.2) is 212 Å². The number of rotatable bonds is 8. The van der Waals surface area contributed by atoms with Gasteiger partial charge in [0.25, 0.3) is 0 Å². The van der Waals surface area contributed by atoms with Gasteiger partial charge in [-0.25, -0.2) is 24.9 Å². The molecular weight excluding hydrogens is 707 g/mol. The molecule has 7 aromatic carbocycles. The molecule has 58 heavy (non-hydrogen) atoms. The first-order chi connectivity index (χ1) is 28.7. The molecule has 0 fully saturated rings. The van der Waals surface area contributed by atoms with Gasteiger partial charge in [0.2, 0.25) is 0 Å². The molecule has 0 aliphatic rings. The minimum atomic E-state index is 0.695. The van der Waals surface area contributed by atoms with E-state index in [1.165, 1.54) is 0 Å². The van der Waals surface area contributed by atoms with Crippen molar-refractivity contribution in [3.63, 3.8) is 0 Å². The van der Waals surface area contributed by atoms with Crippen molar-refractivity contribution in [2.75, 3.05) is 0 Å². The van der Waals surface area contributed by atoms with Gasteiger partial charge in [-0.3, -0.25) is 0 Å². The van der Waals surface area contributed by atoms with Gasteiger partial charge in [-0.05, 0) is 23.6 Å². The third-order valence-electron chi connectivity index (χ3n) is 10.3. The third-order valence-corrected chi connectivity index (χ3v) is 10.3. The van der Waals surface area contributed by atoms with Crippen LogP contribution >= 0.6 is 0 Å². The Morgan fingerprint density at radius 3 is 0.948 bits per heavy atom. The highest BCUT2D eigenvalue weighted by Gasteiger charge is 2.15. The topological polar surface area (TPSA) is 64.5 Å². The molecule has 0 saturated heterocycles. The van der Waals surface area contributed by atoms with Gasteiger partial charge < -0.3 is 0 Å². The third kappa shape index (κ3) is 7.04. The van der Waals surface area contributed by atoms with E-state index < -0.39 is 0 Å². The highest BCUT2D eigenvalue weighted by molar-refractivity contribution is 5.97. The van der Waals surface area contributed by atoms with Crippen LogP contribution in [0.5, 0.6) is 0 Å². The smallest absolute Gasteiger partial charge is 0.160 e. The van der Waals surface area contributed by atoms with Gasteiger partial charge in [0, 0.05) is 49.9 Å². The molecule has 5 heteroatoms. The summed E-state index contributed by atoms with van der Waals surface area (Å²) in [7, 11) is 0. The Hall–Kier alpha value is -7.89. The Balaban J connectivity index is 1.01. The van der Waals surface area contributed by atoms with Gasteiger partial charge >= 0.3 is 0 Å². The lowest BCUT2D eigenvalue weighted by atomic mass is 9.98. The maximum absolute atomic E-state index is 5.31. The Morgan fingerprint density at radius 2 is 0.534 bits per heavy atom. The van der Waals surface area contributed by atoms with Crippen LogP contribution in [0.25, 0.3) is 101 Å². The molecule has 0 unspecified atom stereocenters. The quantitative estimate of drug-likeness (QED) is 0.155. The van der Waals surface area contributed by atoms with Crippen LogP contribution in [0.3, 0.4) is 0 Å². The lowest BCUT2D eigenvalue weighted by Gasteiger charge is -2.13. The van der Waals surface area contributed by atoms with Crippen molar-refractivity contribution in [2.45, 2.75) is 0 Å². The zero-order valence-electron chi connectivity index (χ0n) is 31.4. The average molecular weight is 742 g/mol. The molecule has 0 saturated carbocycles. The summed E-state index contributed by atoms with van der Waals surface area (Å²) in [6.07, 6.45) is 0. The molecule has 0 aliphatic heterocycles. The van der Waals surface area contributed by atoms with Crippen LogP contribution in [0.2, 0.25) is 0 Å². The summed E-state index contributed by atoms with van der Waals surface area (Å²) in [4.78, 5) is 25.3. The Labute approximate surface area is 337 Å². The minimum Gasteiger partial charge on any atom is -0.247 e. The zero-order valence-corrected chi connectivity index (χ0v) is 31.4. The van der Waals surface area contributed by atoms with Crippen molar-refractivity contribution in [3.8, 4) is 90.3 Å². The van der Waals surface area contributed by atoms with E-state index in [0.29, 0.717) is 11.6 Å². The number of hydrogen-bond donors (Lipinski definition) is 0. The maximum atomic E-state index is 5.31. The second kappa shape index (κ2) is 15.3. The van der Waals surface area contributed by atoms with Gasteiger partial charge in [-0.2, -0.15) is 0 Å². The van der Waals surface area contributed by atoms with Gasteiger partial charge in [0.1, 0.15) is 0 Å². The van der Waals surface area contributed by atoms with Gasteiger partial charge in [0.15, 0.2) is 11.6 Å². The highest BCUT2D eigenvalue weighted by atomic mass is 14.9. The lowest BCUT2D eigenvalue weighted by Crippen LogP contribution is -1.96. The minimum absolute atomic E-state index is 0.695. The summed E-state index contributed by atoms with van der Waals surface area (Å²) >= 11 is 0. The Bertz CT molecular complexity index is 2890. The molecule has 0 atom stereocenters. The molecule has 0 N–H and O–H groups in total. The number of benzene rings is 7. The Kier molecular flexibility index (Phi) is 9.14. The van der Waals surface area contributed by atoms with Crippen molar-refractivity contribution < 1.29 is 0 Å². The van der Waals surface area contributed by atoms with E-state index in [9.17, 15) is 0 Å². The highest BCUT2D eigenvalue weighted by Crippen LogP contribution is 2.35. The fourth-order valence-corrected chi connectivity index (χ4v) is 7.31. The van der Waals surface area contributed by atoms with Crippen molar-refractivity contribution in [2.24, 2.45) is 0 Å². The van der Waals surface area contributed by atoms with Gasteiger partial charge in [-0.1, -0.05) is 194 Å². The number of hydrogen-bond acceptors (Lipinski definition) is 5. The van der Waals surface area contributed by atoms with Crippen molar-refractivity contribution in [1.82, 2.24) is 24.9 Å².